The lowest BCUT2D eigenvalue weighted by molar-refractivity contribution is 0.562. The normalized spacial score (nSPS) is 12.0. The summed E-state index contributed by atoms with van der Waals surface area (Å²) in [6.45, 7) is 8.59. The zero-order valence-corrected chi connectivity index (χ0v) is 12.4. The van der Waals surface area contributed by atoms with Crippen molar-refractivity contribution in [1.29, 1.82) is 0 Å². The van der Waals surface area contributed by atoms with Gasteiger partial charge in [0.25, 0.3) is 0 Å². The Kier molecular flexibility index (Phi) is 2.85. The third-order valence-electron chi connectivity index (χ3n) is 3.43. The predicted octanol–water partition coefficient (Wildman–Crippen LogP) is 4.00. The van der Waals surface area contributed by atoms with E-state index in [1.807, 2.05) is 16.9 Å². The van der Waals surface area contributed by atoms with Crippen molar-refractivity contribution in [3.05, 3.63) is 54.0 Å². The quantitative estimate of drug-likeness (QED) is 0.665. The molecule has 0 unspecified atom stereocenters. The Balaban J connectivity index is 2.11. The highest BCUT2D eigenvalue weighted by atomic mass is 15.2. The first kappa shape index (κ1) is 12.9. The summed E-state index contributed by atoms with van der Waals surface area (Å²) in [4.78, 5) is 4.52. The average Bonchev–Trinajstić information content (AvgIpc) is 2.81. The van der Waals surface area contributed by atoms with Crippen molar-refractivity contribution in [2.45, 2.75) is 33.1 Å². The van der Waals surface area contributed by atoms with Crippen LogP contribution in [0.4, 0.5) is 0 Å². The summed E-state index contributed by atoms with van der Waals surface area (Å²) in [6.07, 6.45) is 3.96. The molecule has 3 aromatic rings. The lowest BCUT2D eigenvalue weighted by Gasteiger charge is -2.13. The van der Waals surface area contributed by atoms with Gasteiger partial charge in [0.05, 0.1) is 5.69 Å². The molecule has 0 aliphatic rings. The Hall–Kier alpha value is -2.16. The molecular formula is C17H19N3. The molecule has 3 rings (SSSR count). The van der Waals surface area contributed by atoms with Gasteiger partial charge in [0.2, 0.25) is 0 Å². The maximum absolute atomic E-state index is 4.65. The Bertz CT molecular complexity index is 763. The topological polar surface area (TPSA) is 30.2 Å². The molecule has 0 amide bonds. The van der Waals surface area contributed by atoms with Gasteiger partial charge in [-0.15, -0.1) is 0 Å². The maximum Gasteiger partial charge on any atom is 0.155 e. The molecule has 0 N–H and O–H groups in total. The van der Waals surface area contributed by atoms with E-state index in [9.17, 15) is 0 Å². The molecule has 0 saturated carbocycles. The van der Waals surface area contributed by atoms with Gasteiger partial charge in [-0.25, -0.2) is 9.50 Å². The number of hydrogen-bond donors (Lipinski definition) is 0. The van der Waals surface area contributed by atoms with Crippen LogP contribution in [0.3, 0.4) is 0 Å². The number of aromatic nitrogens is 3. The monoisotopic (exact) mass is 265 g/mol. The van der Waals surface area contributed by atoms with Crippen molar-refractivity contribution in [2.75, 3.05) is 0 Å². The van der Waals surface area contributed by atoms with Crippen LogP contribution < -0.4 is 0 Å². The first-order valence-electron chi connectivity index (χ1n) is 6.86. The van der Waals surface area contributed by atoms with Crippen molar-refractivity contribution in [3.63, 3.8) is 0 Å². The fraction of sp³-hybridized carbons (Fsp3) is 0.294. The van der Waals surface area contributed by atoms with Gasteiger partial charge in [0.15, 0.2) is 5.65 Å². The van der Waals surface area contributed by atoms with E-state index in [1.165, 1.54) is 11.1 Å². The van der Waals surface area contributed by atoms with Gasteiger partial charge in [0, 0.05) is 29.4 Å². The molecule has 3 heteroatoms. The summed E-state index contributed by atoms with van der Waals surface area (Å²) in [6, 6.07) is 10.5. The van der Waals surface area contributed by atoms with Gasteiger partial charge in [-0.05, 0) is 12.5 Å². The molecule has 0 bridgehead atoms. The summed E-state index contributed by atoms with van der Waals surface area (Å²) in [7, 11) is 0. The number of fused-ring (bicyclic) bond motifs is 1. The Labute approximate surface area is 119 Å². The van der Waals surface area contributed by atoms with E-state index in [1.54, 1.807) is 0 Å². The van der Waals surface area contributed by atoms with E-state index < -0.39 is 0 Å². The summed E-state index contributed by atoms with van der Waals surface area (Å²) in [5.74, 6) is 0. The number of benzene rings is 1. The summed E-state index contributed by atoms with van der Waals surface area (Å²) < 4.78 is 1.87. The zero-order valence-electron chi connectivity index (χ0n) is 12.4. The van der Waals surface area contributed by atoms with E-state index in [2.05, 4.69) is 68.1 Å². The van der Waals surface area contributed by atoms with Crippen molar-refractivity contribution in [1.82, 2.24) is 14.6 Å². The zero-order chi connectivity index (χ0) is 14.3. The van der Waals surface area contributed by atoms with Crippen LogP contribution in [0.5, 0.6) is 0 Å². The van der Waals surface area contributed by atoms with Crippen LogP contribution in [0.15, 0.2) is 42.7 Å². The highest BCUT2D eigenvalue weighted by Gasteiger charge is 2.18. The first-order valence-corrected chi connectivity index (χ1v) is 6.86. The molecule has 0 atom stereocenters. The van der Waals surface area contributed by atoms with Crippen LogP contribution in [0.1, 0.15) is 32.0 Å². The van der Waals surface area contributed by atoms with Gasteiger partial charge >= 0.3 is 0 Å². The van der Waals surface area contributed by atoms with E-state index in [-0.39, 0.29) is 5.41 Å². The fourth-order valence-corrected chi connectivity index (χ4v) is 2.22. The highest BCUT2D eigenvalue weighted by molar-refractivity contribution is 5.63. The molecule has 2 heterocycles. The Morgan fingerprint density at radius 1 is 1.05 bits per heavy atom. The van der Waals surface area contributed by atoms with Gasteiger partial charge in [-0.2, -0.15) is 5.10 Å². The van der Waals surface area contributed by atoms with Gasteiger partial charge in [-0.1, -0.05) is 50.6 Å². The van der Waals surface area contributed by atoms with E-state index in [0.29, 0.717) is 0 Å². The van der Waals surface area contributed by atoms with Crippen LogP contribution in [0, 0.1) is 6.92 Å². The summed E-state index contributed by atoms with van der Waals surface area (Å²) >= 11 is 0. The highest BCUT2D eigenvalue weighted by Crippen LogP contribution is 2.24. The number of hydrogen-bond acceptors (Lipinski definition) is 2. The lowest BCUT2D eigenvalue weighted by atomic mass is 9.93. The SMILES string of the molecule is Cc1cccc(-c2cnc3cc(C(C)(C)C)nn3c2)c1. The van der Waals surface area contributed by atoms with Crippen LogP contribution in [0.25, 0.3) is 16.8 Å². The third kappa shape index (κ3) is 2.31. The average molecular weight is 265 g/mol. The molecule has 0 radical (unpaired) electrons. The Morgan fingerprint density at radius 3 is 2.55 bits per heavy atom. The molecule has 3 nitrogen and oxygen atoms in total. The molecular weight excluding hydrogens is 246 g/mol. The number of rotatable bonds is 1. The van der Waals surface area contributed by atoms with E-state index in [0.717, 1.165) is 16.9 Å². The van der Waals surface area contributed by atoms with Crippen molar-refractivity contribution < 1.29 is 0 Å². The van der Waals surface area contributed by atoms with E-state index in [4.69, 9.17) is 0 Å². The number of nitrogens with zero attached hydrogens (tertiary/aromatic N) is 3. The largest absolute Gasteiger partial charge is 0.236 e. The minimum atomic E-state index is 0.0389. The van der Waals surface area contributed by atoms with E-state index >= 15 is 0 Å². The maximum atomic E-state index is 4.65. The van der Waals surface area contributed by atoms with Crippen LogP contribution in [0.2, 0.25) is 0 Å². The molecule has 0 aliphatic carbocycles. The third-order valence-corrected chi connectivity index (χ3v) is 3.43. The number of aryl methyl sites for hydroxylation is 1. The van der Waals surface area contributed by atoms with Crippen LogP contribution in [-0.2, 0) is 5.41 Å². The lowest BCUT2D eigenvalue weighted by Crippen LogP contribution is -2.11. The molecule has 0 fully saturated rings. The second kappa shape index (κ2) is 4.44. The first-order chi connectivity index (χ1) is 9.43. The fourth-order valence-electron chi connectivity index (χ4n) is 2.22. The minimum absolute atomic E-state index is 0.0389. The second-order valence-electron chi connectivity index (χ2n) is 6.29. The summed E-state index contributed by atoms with van der Waals surface area (Å²) in [5.41, 5.74) is 5.50. The van der Waals surface area contributed by atoms with Crippen molar-refractivity contribution in [2.24, 2.45) is 0 Å². The van der Waals surface area contributed by atoms with Gasteiger partial charge < -0.3 is 0 Å². The molecule has 0 spiro atoms. The van der Waals surface area contributed by atoms with Gasteiger partial charge in [-0.3, -0.25) is 0 Å². The molecule has 1 aromatic carbocycles. The summed E-state index contributed by atoms with van der Waals surface area (Å²) in [5, 5.41) is 4.65. The molecule has 0 aliphatic heterocycles. The van der Waals surface area contributed by atoms with Crippen LogP contribution >= 0.6 is 0 Å². The predicted molar refractivity (Wildman–Crippen MR) is 81.9 cm³/mol. The smallest absolute Gasteiger partial charge is 0.155 e. The molecule has 0 saturated heterocycles. The van der Waals surface area contributed by atoms with Crippen LogP contribution in [-0.4, -0.2) is 14.6 Å². The van der Waals surface area contributed by atoms with Crippen molar-refractivity contribution >= 4 is 5.65 Å². The Morgan fingerprint density at radius 2 is 1.85 bits per heavy atom. The minimum Gasteiger partial charge on any atom is -0.236 e. The molecule has 2 aromatic heterocycles. The van der Waals surface area contributed by atoms with Crippen molar-refractivity contribution in [3.8, 4) is 11.1 Å². The second-order valence-corrected chi connectivity index (χ2v) is 6.29. The van der Waals surface area contributed by atoms with Gasteiger partial charge in [0.1, 0.15) is 0 Å². The molecule has 102 valence electrons. The molecule has 20 heavy (non-hydrogen) atoms. The standard InChI is InChI=1S/C17H19N3/c1-12-6-5-7-13(8-12)14-10-18-16-9-15(17(2,3)4)19-20(16)11-14/h5-11H,1-4H3.